The second kappa shape index (κ2) is 8.07. The number of halogens is 2. The molecule has 0 spiro atoms. The van der Waals surface area contributed by atoms with E-state index in [1.54, 1.807) is 0 Å². The van der Waals surface area contributed by atoms with Gasteiger partial charge >= 0.3 is 0 Å². The second-order valence-electron chi connectivity index (χ2n) is 4.90. The zero-order valence-corrected chi connectivity index (χ0v) is 13.4. The molecule has 5 nitrogen and oxygen atoms in total. The van der Waals surface area contributed by atoms with Crippen LogP contribution in [0.1, 0.15) is 26.2 Å². The van der Waals surface area contributed by atoms with Gasteiger partial charge in [0.05, 0.1) is 6.26 Å². The van der Waals surface area contributed by atoms with Crippen LogP contribution in [0.4, 0.5) is 14.5 Å². The quantitative estimate of drug-likeness (QED) is 0.740. The number of benzene rings is 1. The molecule has 1 rings (SSSR count). The molecule has 1 aromatic carbocycles. The van der Waals surface area contributed by atoms with E-state index in [-0.39, 0.29) is 0 Å². The van der Waals surface area contributed by atoms with Gasteiger partial charge in [0.2, 0.25) is 15.9 Å². The van der Waals surface area contributed by atoms with Crippen LogP contribution < -0.4 is 9.62 Å². The molecule has 0 radical (unpaired) electrons. The van der Waals surface area contributed by atoms with E-state index in [9.17, 15) is 22.0 Å². The number of unbranched alkanes of at least 4 members (excludes halogenated alkanes) is 2. The van der Waals surface area contributed by atoms with E-state index < -0.39 is 39.8 Å². The molecule has 1 aromatic rings. The Labute approximate surface area is 129 Å². The van der Waals surface area contributed by atoms with E-state index in [0.29, 0.717) is 10.8 Å². The molecule has 0 aromatic heterocycles. The molecule has 0 saturated heterocycles. The lowest BCUT2D eigenvalue weighted by molar-refractivity contribution is -0.119. The van der Waals surface area contributed by atoms with Gasteiger partial charge in [0, 0.05) is 6.54 Å². The predicted molar refractivity (Wildman–Crippen MR) is 81.1 cm³/mol. The molecule has 0 aliphatic rings. The normalized spacial score (nSPS) is 11.3. The van der Waals surface area contributed by atoms with E-state index in [1.165, 1.54) is 0 Å². The average molecular weight is 334 g/mol. The first-order valence-corrected chi connectivity index (χ1v) is 8.80. The number of nitrogens with zero attached hydrogens (tertiary/aromatic N) is 1. The molecule has 0 aliphatic carbocycles. The molecule has 8 heteroatoms. The van der Waals surface area contributed by atoms with Crippen LogP contribution in [0.2, 0.25) is 0 Å². The lowest BCUT2D eigenvalue weighted by Crippen LogP contribution is -2.41. The predicted octanol–water partition coefficient (Wildman–Crippen LogP) is 2.04. The van der Waals surface area contributed by atoms with Crippen LogP contribution in [0, 0.1) is 11.6 Å². The van der Waals surface area contributed by atoms with Gasteiger partial charge in [-0.2, -0.15) is 0 Å². The highest BCUT2D eigenvalue weighted by Crippen LogP contribution is 2.25. The van der Waals surface area contributed by atoms with Crippen molar-refractivity contribution in [2.75, 3.05) is 23.7 Å². The van der Waals surface area contributed by atoms with Crippen molar-refractivity contribution in [2.24, 2.45) is 0 Å². The van der Waals surface area contributed by atoms with Crippen molar-refractivity contribution < 1.29 is 22.0 Å². The second-order valence-corrected chi connectivity index (χ2v) is 6.80. The minimum Gasteiger partial charge on any atom is -0.355 e. The smallest absolute Gasteiger partial charge is 0.240 e. The molecule has 0 aliphatic heterocycles. The minimum absolute atomic E-state index is 0.393. The lowest BCUT2D eigenvalue weighted by atomic mass is 10.2. The number of carbonyl (C=O) groups excluding carboxylic acids is 1. The Kier molecular flexibility index (Phi) is 6.73. The number of carbonyl (C=O) groups is 1. The molecular weight excluding hydrogens is 314 g/mol. The highest BCUT2D eigenvalue weighted by molar-refractivity contribution is 7.92. The lowest BCUT2D eigenvalue weighted by Gasteiger charge is -2.22. The zero-order valence-electron chi connectivity index (χ0n) is 12.6. The highest BCUT2D eigenvalue weighted by atomic mass is 32.2. The molecule has 0 atom stereocenters. The fourth-order valence-electron chi connectivity index (χ4n) is 1.88. The summed E-state index contributed by atoms with van der Waals surface area (Å²) in [5.74, 6) is -2.68. The Bertz CT molecular complexity index is 600. The Morgan fingerprint density at radius 1 is 1.23 bits per heavy atom. The van der Waals surface area contributed by atoms with Crippen LogP contribution in [0.5, 0.6) is 0 Å². The summed E-state index contributed by atoms with van der Waals surface area (Å²) >= 11 is 0. The van der Waals surface area contributed by atoms with Crippen molar-refractivity contribution in [3.8, 4) is 0 Å². The van der Waals surface area contributed by atoms with E-state index in [1.807, 2.05) is 6.92 Å². The van der Waals surface area contributed by atoms with Gasteiger partial charge in [-0.25, -0.2) is 17.2 Å². The summed E-state index contributed by atoms with van der Waals surface area (Å²) in [7, 11) is -4.00. The zero-order chi connectivity index (χ0) is 16.8. The van der Waals surface area contributed by atoms with Gasteiger partial charge in [0.1, 0.15) is 12.2 Å². The number of anilines is 1. The fourth-order valence-corrected chi connectivity index (χ4v) is 2.74. The number of amides is 1. The Morgan fingerprint density at radius 2 is 1.82 bits per heavy atom. The average Bonchev–Trinajstić information content (AvgIpc) is 2.41. The maximum atomic E-state index is 13.8. The maximum absolute atomic E-state index is 13.8. The molecule has 1 amide bonds. The van der Waals surface area contributed by atoms with Gasteiger partial charge in [-0.15, -0.1) is 0 Å². The van der Waals surface area contributed by atoms with Crippen molar-refractivity contribution in [3.63, 3.8) is 0 Å². The molecule has 0 heterocycles. The number of sulfonamides is 1. The van der Waals surface area contributed by atoms with Crippen molar-refractivity contribution in [3.05, 3.63) is 29.8 Å². The number of rotatable bonds is 8. The van der Waals surface area contributed by atoms with Gasteiger partial charge in [0.25, 0.3) is 0 Å². The maximum Gasteiger partial charge on any atom is 0.240 e. The monoisotopic (exact) mass is 334 g/mol. The summed E-state index contributed by atoms with van der Waals surface area (Å²) in [6.07, 6.45) is 3.46. The Morgan fingerprint density at radius 3 is 2.32 bits per heavy atom. The van der Waals surface area contributed by atoms with Crippen molar-refractivity contribution in [2.45, 2.75) is 26.2 Å². The first kappa shape index (κ1) is 18.3. The van der Waals surface area contributed by atoms with Gasteiger partial charge < -0.3 is 5.32 Å². The summed E-state index contributed by atoms with van der Waals surface area (Å²) in [6.45, 7) is 1.74. The molecule has 0 saturated carbocycles. The SMILES string of the molecule is CCCCCNC(=O)CN(c1c(F)cccc1F)S(C)(=O)=O. The summed E-state index contributed by atoms with van der Waals surface area (Å²) < 4.78 is 51.5. The van der Waals surface area contributed by atoms with Crippen LogP contribution in [-0.4, -0.2) is 33.7 Å². The van der Waals surface area contributed by atoms with Crippen LogP contribution >= 0.6 is 0 Å². The summed E-state index contributed by atoms with van der Waals surface area (Å²) in [4.78, 5) is 11.8. The fraction of sp³-hybridized carbons (Fsp3) is 0.500. The van der Waals surface area contributed by atoms with Crippen molar-refractivity contribution in [1.29, 1.82) is 0 Å². The van der Waals surface area contributed by atoms with E-state index in [2.05, 4.69) is 5.32 Å². The third-order valence-corrected chi connectivity index (χ3v) is 4.09. The molecular formula is C14H20F2N2O3S. The summed E-state index contributed by atoms with van der Waals surface area (Å²) in [5, 5.41) is 2.54. The molecule has 1 N–H and O–H groups in total. The van der Waals surface area contributed by atoms with Gasteiger partial charge in [-0.05, 0) is 18.6 Å². The molecule has 0 bridgehead atoms. The van der Waals surface area contributed by atoms with Crippen molar-refractivity contribution in [1.82, 2.24) is 5.32 Å². The highest BCUT2D eigenvalue weighted by Gasteiger charge is 2.26. The molecule has 22 heavy (non-hydrogen) atoms. The summed E-state index contributed by atoms with van der Waals surface area (Å²) in [5.41, 5.74) is -0.742. The van der Waals surface area contributed by atoms with Crippen LogP contribution in [-0.2, 0) is 14.8 Å². The third-order valence-electron chi connectivity index (χ3n) is 2.98. The molecule has 0 fully saturated rings. The van der Waals surface area contributed by atoms with Gasteiger partial charge in [-0.3, -0.25) is 9.10 Å². The first-order valence-electron chi connectivity index (χ1n) is 6.95. The largest absolute Gasteiger partial charge is 0.355 e. The number of hydrogen-bond acceptors (Lipinski definition) is 3. The number of nitrogens with one attached hydrogen (secondary N) is 1. The number of para-hydroxylation sites is 1. The first-order chi connectivity index (χ1) is 10.3. The van der Waals surface area contributed by atoms with Gasteiger partial charge in [0.15, 0.2) is 11.6 Å². The Balaban J connectivity index is 2.90. The van der Waals surface area contributed by atoms with E-state index in [0.717, 1.165) is 43.7 Å². The van der Waals surface area contributed by atoms with Crippen LogP contribution in [0.25, 0.3) is 0 Å². The molecule has 124 valence electrons. The van der Waals surface area contributed by atoms with Crippen LogP contribution in [0.15, 0.2) is 18.2 Å². The van der Waals surface area contributed by atoms with E-state index in [4.69, 9.17) is 0 Å². The topological polar surface area (TPSA) is 66.5 Å². The van der Waals surface area contributed by atoms with Crippen LogP contribution in [0.3, 0.4) is 0 Å². The Hall–Kier alpha value is -1.70. The minimum atomic E-state index is -4.00. The summed E-state index contributed by atoms with van der Waals surface area (Å²) in [6, 6.07) is 3.00. The van der Waals surface area contributed by atoms with Gasteiger partial charge in [-0.1, -0.05) is 25.8 Å². The standard InChI is InChI=1S/C14H20F2N2O3S/c1-3-4-5-9-17-13(19)10-18(22(2,20)21)14-11(15)7-6-8-12(14)16/h6-8H,3-5,9-10H2,1-2H3,(H,17,19). The van der Waals surface area contributed by atoms with E-state index >= 15 is 0 Å². The third kappa shape index (κ3) is 5.25. The molecule has 0 unspecified atom stereocenters. The number of hydrogen-bond donors (Lipinski definition) is 1. The van der Waals surface area contributed by atoms with Crippen molar-refractivity contribution >= 4 is 21.6 Å².